The van der Waals surface area contributed by atoms with Crippen LogP contribution in [0.15, 0.2) is 76.9 Å². The fourth-order valence-corrected chi connectivity index (χ4v) is 5.00. The molecule has 156 valence electrons. The minimum absolute atomic E-state index is 0.630. The predicted octanol–water partition coefficient (Wildman–Crippen LogP) is 4.28. The highest BCUT2D eigenvalue weighted by molar-refractivity contribution is 7.99. The van der Waals surface area contributed by atoms with Gasteiger partial charge in [0.05, 0.1) is 18.3 Å². The number of anilines is 2. The number of pyridine rings is 1. The van der Waals surface area contributed by atoms with Crippen LogP contribution in [0, 0.1) is 0 Å². The second-order valence-electron chi connectivity index (χ2n) is 7.68. The van der Waals surface area contributed by atoms with Gasteiger partial charge < -0.3 is 4.57 Å². The number of rotatable bonds is 5. The summed E-state index contributed by atoms with van der Waals surface area (Å²) in [5.74, 6) is 1.44. The van der Waals surface area contributed by atoms with E-state index in [0.717, 1.165) is 37.5 Å². The van der Waals surface area contributed by atoms with E-state index in [1.165, 1.54) is 11.8 Å². The molecule has 0 radical (unpaired) electrons. The largest absolute Gasteiger partial charge is 0.319 e. The van der Waals surface area contributed by atoms with Crippen LogP contribution >= 0.6 is 18.9 Å². The first-order valence-electron chi connectivity index (χ1n) is 9.79. The first-order chi connectivity index (χ1) is 15.0. The van der Waals surface area contributed by atoms with E-state index in [1.807, 2.05) is 41.4 Å². The van der Waals surface area contributed by atoms with Crippen LogP contribution in [0.2, 0.25) is 0 Å². The quantitative estimate of drug-likeness (QED) is 0.438. The van der Waals surface area contributed by atoms with Gasteiger partial charge in [0, 0.05) is 21.8 Å². The zero-order valence-electron chi connectivity index (χ0n) is 17.1. The molecule has 0 saturated carbocycles. The van der Waals surface area contributed by atoms with Gasteiger partial charge in [-0.05, 0) is 49.2 Å². The molecule has 0 spiro atoms. The predicted molar refractivity (Wildman–Crippen MR) is 126 cm³/mol. The molecule has 2 aromatic heterocycles. The van der Waals surface area contributed by atoms with E-state index in [2.05, 4.69) is 39.1 Å². The Hall–Kier alpha value is -2.93. The van der Waals surface area contributed by atoms with Gasteiger partial charge in [0.15, 0.2) is 11.6 Å². The van der Waals surface area contributed by atoms with Gasteiger partial charge in [-0.2, -0.15) is 0 Å². The summed E-state index contributed by atoms with van der Waals surface area (Å²) >= 11 is 1.53. The first-order valence-corrected chi connectivity index (χ1v) is 13.2. The van der Waals surface area contributed by atoms with Crippen LogP contribution in [0.4, 0.5) is 11.6 Å². The molecule has 5 rings (SSSR count). The summed E-state index contributed by atoms with van der Waals surface area (Å²) in [4.78, 5) is 14.7. The van der Waals surface area contributed by atoms with Crippen molar-refractivity contribution >= 4 is 46.7 Å². The molecule has 3 heterocycles. The van der Waals surface area contributed by atoms with Crippen LogP contribution in [0.3, 0.4) is 0 Å². The Bertz CT molecular complexity index is 1310. The Kier molecular flexibility index (Phi) is 5.14. The highest BCUT2D eigenvalue weighted by atomic mass is 32.2. The number of hydrazine groups is 2. The molecule has 0 unspecified atom stereocenters. The molecule has 0 bridgehead atoms. The molecule has 9 heteroatoms. The Balaban J connectivity index is 1.35. The first kappa shape index (κ1) is 20.0. The molecule has 31 heavy (non-hydrogen) atoms. The Labute approximate surface area is 184 Å². The average Bonchev–Trinajstić information content (AvgIpc) is 3.15. The number of nitrogens with one attached hydrogen (secondary N) is 2. The van der Waals surface area contributed by atoms with E-state index >= 15 is 0 Å². The minimum Gasteiger partial charge on any atom is -0.319 e. The van der Waals surface area contributed by atoms with Crippen molar-refractivity contribution in [1.29, 1.82) is 0 Å². The van der Waals surface area contributed by atoms with Crippen LogP contribution in [0.25, 0.3) is 10.9 Å². The van der Waals surface area contributed by atoms with E-state index in [-0.39, 0.29) is 0 Å². The van der Waals surface area contributed by atoms with E-state index < -0.39 is 7.14 Å². The maximum atomic E-state index is 12.2. The topological polar surface area (TPSA) is 83.0 Å². The maximum absolute atomic E-state index is 12.2. The maximum Gasteiger partial charge on any atom is 0.190 e. The van der Waals surface area contributed by atoms with Crippen molar-refractivity contribution in [2.24, 2.45) is 0 Å². The highest BCUT2D eigenvalue weighted by Gasteiger charge is 2.22. The second-order valence-corrected chi connectivity index (χ2v) is 12.0. The summed E-state index contributed by atoms with van der Waals surface area (Å²) in [6.45, 7) is 4.19. The summed E-state index contributed by atoms with van der Waals surface area (Å²) < 4.78 is 12.2. The van der Waals surface area contributed by atoms with E-state index in [0.29, 0.717) is 12.4 Å². The smallest absolute Gasteiger partial charge is 0.190 e. The zero-order chi connectivity index (χ0) is 21.4. The number of nitrogens with zero attached hydrogens (tertiary/aromatic N) is 4. The molecule has 7 nitrogen and oxygen atoms in total. The Morgan fingerprint density at radius 2 is 1.90 bits per heavy atom. The third-order valence-corrected chi connectivity index (χ3v) is 7.44. The van der Waals surface area contributed by atoms with Crippen molar-refractivity contribution in [1.82, 2.24) is 20.5 Å². The number of benzene rings is 2. The van der Waals surface area contributed by atoms with Crippen LogP contribution in [0.1, 0.15) is 5.56 Å². The van der Waals surface area contributed by atoms with Crippen LogP contribution in [-0.2, 0) is 11.1 Å². The Morgan fingerprint density at radius 3 is 2.71 bits per heavy atom. The van der Waals surface area contributed by atoms with Gasteiger partial charge in [-0.1, -0.05) is 36.0 Å². The van der Waals surface area contributed by atoms with Gasteiger partial charge in [0.2, 0.25) is 0 Å². The number of aromatic nitrogens is 3. The molecule has 0 aliphatic carbocycles. The average molecular weight is 448 g/mol. The lowest BCUT2D eigenvalue weighted by Gasteiger charge is -2.17. The fraction of sp³-hybridized carbons (Fsp3) is 0.136. The van der Waals surface area contributed by atoms with Gasteiger partial charge in [0.25, 0.3) is 0 Å². The van der Waals surface area contributed by atoms with Crippen molar-refractivity contribution in [3.63, 3.8) is 0 Å². The highest BCUT2D eigenvalue weighted by Crippen LogP contribution is 2.36. The molecule has 0 atom stereocenters. The van der Waals surface area contributed by atoms with E-state index in [1.54, 1.807) is 25.7 Å². The molecular formula is C22H21N6OPS. The van der Waals surface area contributed by atoms with Crippen LogP contribution < -0.4 is 21.3 Å². The molecule has 1 aliphatic heterocycles. The fourth-order valence-electron chi connectivity index (χ4n) is 3.38. The lowest BCUT2D eigenvalue weighted by atomic mass is 10.1. The lowest BCUT2D eigenvalue weighted by Crippen LogP contribution is -2.35. The third kappa shape index (κ3) is 4.28. The molecule has 2 N–H and O–H groups in total. The zero-order valence-corrected chi connectivity index (χ0v) is 18.8. The van der Waals surface area contributed by atoms with Crippen molar-refractivity contribution in [3.8, 4) is 0 Å². The molecule has 4 aromatic rings. The van der Waals surface area contributed by atoms with Crippen molar-refractivity contribution in [2.45, 2.75) is 16.5 Å². The Morgan fingerprint density at radius 1 is 1.06 bits per heavy atom. The summed E-state index contributed by atoms with van der Waals surface area (Å²) in [6, 6.07) is 18.0. The number of hydrogen-bond acceptors (Lipinski definition) is 8. The lowest BCUT2D eigenvalue weighted by molar-refractivity contribution is 0.588. The van der Waals surface area contributed by atoms with Crippen molar-refractivity contribution in [3.05, 3.63) is 72.6 Å². The second kappa shape index (κ2) is 7.96. The van der Waals surface area contributed by atoms with Gasteiger partial charge >= 0.3 is 0 Å². The molecule has 0 amide bonds. The summed E-state index contributed by atoms with van der Waals surface area (Å²) in [5.41, 5.74) is 8.33. The van der Waals surface area contributed by atoms with E-state index in [4.69, 9.17) is 4.98 Å². The van der Waals surface area contributed by atoms with Gasteiger partial charge in [-0.3, -0.25) is 15.4 Å². The van der Waals surface area contributed by atoms with Gasteiger partial charge in [-0.25, -0.2) is 9.97 Å². The normalized spacial score (nSPS) is 13.3. The van der Waals surface area contributed by atoms with Crippen LogP contribution in [-0.4, -0.2) is 28.3 Å². The van der Waals surface area contributed by atoms with Gasteiger partial charge in [0.1, 0.15) is 12.2 Å². The van der Waals surface area contributed by atoms with Crippen LogP contribution in [0.5, 0.6) is 0 Å². The molecule has 2 aromatic carbocycles. The summed E-state index contributed by atoms with van der Waals surface area (Å²) in [7, 11) is -2.25. The summed E-state index contributed by atoms with van der Waals surface area (Å²) in [5, 5.41) is 4.72. The molecule has 0 saturated heterocycles. The molecule has 0 fully saturated rings. The number of hydrogen-bond donors (Lipinski definition) is 2. The molecular weight excluding hydrogens is 427 g/mol. The van der Waals surface area contributed by atoms with Gasteiger partial charge in [-0.15, -0.1) is 5.53 Å². The number of fused-ring (bicyclic) bond motifs is 2. The van der Waals surface area contributed by atoms with E-state index in [9.17, 15) is 4.57 Å². The van der Waals surface area contributed by atoms with Crippen molar-refractivity contribution < 1.29 is 4.57 Å². The summed E-state index contributed by atoms with van der Waals surface area (Å²) in [6.07, 6.45) is 3.55. The molecule has 1 aliphatic rings. The minimum atomic E-state index is -2.25. The standard InChI is InChI=1S/C22H21N6OPS/c1-30(2,29)17-6-8-18(9-7-17)31-20-13-24-21-22(25-20)28(27-26-21)14-15-5-10-19-16(12-15)4-3-11-23-19/h3-13,27H,14H2,1-2H3,(H,24,26). The third-order valence-electron chi connectivity index (χ3n) is 4.99. The monoisotopic (exact) mass is 448 g/mol. The SMILES string of the molecule is CP(C)(=O)c1ccc(Sc2cnc3c(n2)N(Cc2ccc4ncccc4c2)NN3)cc1. The van der Waals surface area contributed by atoms with Crippen molar-refractivity contribution in [2.75, 3.05) is 23.8 Å².